The number of hydrogen-bond acceptors (Lipinski definition) is 23. The van der Waals surface area contributed by atoms with Crippen molar-refractivity contribution in [2.45, 2.75) is 202 Å². The summed E-state index contributed by atoms with van der Waals surface area (Å²) in [5.41, 5.74) is 12.4. The Labute approximate surface area is 675 Å². The molecule has 1 aliphatic rings. The maximum Gasteiger partial charge on any atom is 0.305 e. The Kier molecular flexibility index (Phi) is 37.5. The van der Waals surface area contributed by atoms with Crippen molar-refractivity contribution in [2.24, 2.45) is 17.4 Å². The number of aromatic hydroxyl groups is 2. The van der Waals surface area contributed by atoms with E-state index in [1.165, 1.54) is 98.5 Å². The summed E-state index contributed by atoms with van der Waals surface area (Å²) < 4.78 is 0. The Balaban J connectivity index is 1.41. The minimum Gasteiger partial charge on any atom is -0.508 e. The molecule has 24 N–H and O–H groups in total. The van der Waals surface area contributed by atoms with Gasteiger partial charge in [-0.2, -0.15) is 0 Å². The molecule has 0 aromatic heterocycles. The minimum atomic E-state index is -2.18. The zero-order valence-electron chi connectivity index (χ0n) is 65.1. The van der Waals surface area contributed by atoms with E-state index in [-0.39, 0.29) is 35.6 Å². The molecule has 14 amide bonds. The smallest absolute Gasteiger partial charge is 0.305 e. The first-order valence-electron chi connectivity index (χ1n) is 37.4. The number of nitrogens with two attached hydrogens (primary N) is 2. The van der Waals surface area contributed by atoms with E-state index >= 15 is 0 Å². The lowest BCUT2D eigenvalue weighted by atomic mass is 10.0. The number of aliphatic carboxylic acids is 4. The van der Waals surface area contributed by atoms with Crippen LogP contribution in [0.25, 0.3) is 0 Å². The van der Waals surface area contributed by atoms with Gasteiger partial charge in [0.1, 0.15) is 84.0 Å². The third-order valence-corrected chi connectivity index (χ3v) is 18.6. The van der Waals surface area contributed by atoms with Crippen molar-refractivity contribution in [1.82, 2.24) is 68.7 Å². The van der Waals surface area contributed by atoms with Crippen LogP contribution in [0.3, 0.4) is 0 Å². The number of nitrogens with one attached hydrogen (secondary N) is 12. The van der Waals surface area contributed by atoms with E-state index in [1.807, 2.05) is 0 Å². The second kappa shape index (κ2) is 46.4. The van der Waals surface area contributed by atoms with Gasteiger partial charge in [0.05, 0.1) is 37.6 Å². The summed E-state index contributed by atoms with van der Waals surface area (Å²) in [6.45, 7) is 5.68. The van der Waals surface area contributed by atoms with Gasteiger partial charge in [0.15, 0.2) is 0 Å². The molecule has 118 heavy (non-hydrogen) atoms. The third kappa shape index (κ3) is 31.5. The summed E-state index contributed by atoms with van der Waals surface area (Å²) in [6.07, 6.45) is -9.30. The largest absolute Gasteiger partial charge is 0.508 e. The van der Waals surface area contributed by atoms with Crippen molar-refractivity contribution in [2.75, 3.05) is 13.1 Å². The molecule has 4 aromatic rings. The quantitative estimate of drug-likeness (QED) is 0.0196. The first-order valence-corrected chi connectivity index (χ1v) is 37.4. The van der Waals surface area contributed by atoms with Gasteiger partial charge in [0.2, 0.25) is 82.7 Å². The Hall–Kier alpha value is -13.2. The molecule has 0 aliphatic carbocycles. The van der Waals surface area contributed by atoms with Crippen LogP contribution in [0.1, 0.15) is 108 Å². The molecule has 41 nitrogen and oxygen atoms in total. The zero-order valence-corrected chi connectivity index (χ0v) is 65.1. The number of phenolic OH excluding ortho intramolecular Hbond substituents is 2. The van der Waals surface area contributed by atoms with E-state index in [2.05, 4.69) is 63.8 Å². The lowest BCUT2D eigenvalue weighted by Gasteiger charge is -2.30. The highest BCUT2D eigenvalue weighted by atomic mass is 16.4. The second-order valence-electron chi connectivity index (χ2n) is 28.5. The van der Waals surface area contributed by atoms with Crippen molar-refractivity contribution in [3.63, 3.8) is 0 Å². The Morgan fingerprint density at radius 2 is 0.737 bits per heavy atom. The maximum atomic E-state index is 14.9. The molecular formula is C77H101N15O26. The Bertz CT molecular complexity index is 4230. The van der Waals surface area contributed by atoms with E-state index in [9.17, 15) is 122 Å². The van der Waals surface area contributed by atoms with Crippen molar-refractivity contribution >= 4 is 107 Å². The number of carboxylic acids is 4. The van der Waals surface area contributed by atoms with Gasteiger partial charge < -0.3 is 121 Å². The molecule has 0 saturated carbocycles. The molecule has 4 aromatic carbocycles. The number of carbonyl (C=O) groups is 18. The maximum absolute atomic E-state index is 14.9. The molecule has 1 aliphatic heterocycles. The van der Waals surface area contributed by atoms with Gasteiger partial charge in [-0.3, -0.25) is 86.3 Å². The predicted octanol–water partition coefficient (Wildman–Crippen LogP) is -5.26. The molecule has 15 atom stereocenters. The van der Waals surface area contributed by atoms with E-state index in [0.717, 1.165) is 13.8 Å². The Morgan fingerprint density at radius 3 is 1.13 bits per heavy atom. The van der Waals surface area contributed by atoms with E-state index in [1.54, 1.807) is 36.4 Å². The summed E-state index contributed by atoms with van der Waals surface area (Å²) in [5.74, 6) is -23.2. The van der Waals surface area contributed by atoms with Crippen LogP contribution in [-0.4, -0.2) is 256 Å². The molecule has 640 valence electrons. The lowest BCUT2D eigenvalue weighted by Crippen LogP contribution is -2.64. The average Bonchev–Trinajstić information content (AvgIpc) is 1.04. The van der Waals surface area contributed by atoms with Gasteiger partial charge in [-0.15, -0.1) is 0 Å². The van der Waals surface area contributed by atoms with E-state index < -0.39 is 268 Å². The highest BCUT2D eigenvalue weighted by Crippen LogP contribution is 2.20. The van der Waals surface area contributed by atoms with Gasteiger partial charge in [-0.05, 0) is 98.9 Å². The number of primary amides is 1. The molecule has 1 heterocycles. The average molecular weight is 1650 g/mol. The number of amides is 14. The fraction of sp³-hybridized carbons (Fsp3) is 0.455. The first kappa shape index (κ1) is 95.4. The molecule has 0 radical (unpaired) electrons. The number of benzene rings is 4. The van der Waals surface area contributed by atoms with Gasteiger partial charge in [0.25, 0.3) is 0 Å². The summed E-state index contributed by atoms with van der Waals surface area (Å²) >= 11 is 0. The molecule has 41 heteroatoms. The first-order chi connectivity index (χ1) is 55.6. The van der Waals surface area contributed by atoms with Crippen molar-refractivity contribution in [3.8, 4) is 11.5 Å². The van der Waals surface area contributed by atoms with Crippen LogP contribution in [0.15, 0.2) is 109 Å². The van der Waals surface area contributed by atoms with Crippen LogP contribution in [-0.2, 0) is 112 Å². The topological polar surface area (TPSA) is 669 Å². The number of phenols is 2. The number of aliphatic hydroxyl groups is 2. The zero-order chi connectivity index (χ0) is 87.8. The lowest BCUT2D eigenvalue weighted by molar-refractivity contribution is -0.142. The van der Waals surface area contributed by atoms with Crippen LogP contribution in [0.5, 0.6) is 11.5 Å². The molecule has 0 bridgehead atoms. The fourth-order valence-electron chi connectivity index (χ4n) is 12.2. The standard InChI is InChI=1S/C77H101N15O26/c1-38(2)62(89-68(109)49(27-29-59(100)101)82-66(107)48(78)26-28-58(98)99)74(115)90-64(41(5)94)76(117)91-63(40(4)93)75(116)88-53(32-43-15-10-7-11-16-43)71(112)84-51(31-42-13-8-6-9-14-42)69(110)87-55(36-61(104)105)73(114)85-52(34-45-20-24-47(96)25-21-45)70(111)86-54(35-60(102)103)72(113)83-50(33-44-18-22-46(95)23-19-44)67(108)80-37-57(97)81-39(3)77(118)92-30-12-17-56(92)65(79)106/h6-11,13-16,18-25,38-41,48-56,62-64,93-96H,12,17,26-37,78H2,1-5H3,(H2,79,106)(H,80,108)(H,81,97)(H,82,107)(H,83,113)(H,84,112)(H,85,114)(H,86,111)(H,87,110)(H,88,116)(H,89,109)(H,90,115)(H,91,117)(H,98,99)(H,100,101)(H,102,103)(H,104,105)/t39-,40?,41?,48-,49-,50-,51-,52-,53-,54-,55-,56-,62-,63-,64-/m0/s1. The van der Waals surface area contributed by atoms with E-state index in [4.69, 9.17) is 16.6 Å². The number of aliphatic hydroxyl groups excluding tert-OH is 2. The van der Waals surface area contributed by atoms with Crippen molar-refractivity contribution in [3.05, 3.63) is 131 Å². The highest BCUT2D eigenvalue weighted by Gasteiger charge is 2.41. The molecule has 1 saturated heterocycles. The molecule has 2 unspecified atom stereocenters. The number of rotatable bonds is 47. The fourth-order valence-corrected chi connectivity index (χ4v) is 12.2. The van der Waals surface area contributed by atoms with Gasteiger partial charge >= 0.3 is 23.9 Å². The van der Waals surface area contributed by atoms with Crippen LogP contribution in [0, 0.1) is 5.92 Å². The molecule has 5 rings (SSSR count). The van der Waals surface area contributed by atoms with Gasteiger partial charge in [-0.1, -0.05) is 98.8 Å². The number of likely N-dealkylation sites (tertiary alicyclic amines) is 1. The monoisotopic (exact) mass is 1650 g/mol. The summed E-state index contributed by atoms with van der Waals surface area (Å²) in [4.78, 5) is 244. The summed E-state index contributed by atoms with van der Waals surface area (Å²) in [5, 5.41) is 109. The van der Waals surface area contributed by atoms with Gasteiger partial charge in [0, 0.05) is 45.1 Å². The van der Waals surface area contributed by atoms with Crippen LogP contribution < -0.4 is 75.3 Å². The molecule has 1 fully saturated rings. The molecular weight excluding hydrogens is 1550 g/mol. The third-order valence-electron chi connectivity index (χ3n) is 18.6. The number of carboxylic acid groups (broad SMARTS) is 4. The van der Waals surface area contributed by atoms with Crippen LogP contribution >= 0.6 is 0 Å². The van der Waals surface area contributed by atoms with E-state index in [0.29, 0.717) is 24.0 Å². The number of carbonyl (C=O) groups excluding carboxylic acids is 14. The number of nitrogens with zero attached hydrogens (tertiary/aromatic N) is 1. The Morgan fingerprint density at radius 1 is 0.398 bits per heavy atom. The molecule has 0 spiro atoms. The van der Waals surface area contributed by atoms with Gasteiger partial charge in [-0.25, -0.2) is 0 Å². The van der Waals surface area contributed by atoms with Crippen molar-refractivity contribution in [1.29, 1.82) is 0 Å². The van der Waals surface area contributed by atoms with Crippen LogP contribution in [0.2, 0.25) is 0 Å². The van der Waals surface area contributed by atoms with Crippen molar-refractivity contribution < 1.29 is 127 Å². The highest BCUT2D eigenvalue weighted by molar-refractivity contribution is 6.01. The minimum absolute atomic E-state index is 0.170. The second-order valence-corrected chi connectivity index (χ2v) is 28.5. The predicted molar refractivity (Wildman–Crippen MR) is 412 cm³/mol. The summed E-state index contributed by atoms with van der Waals surface area (Å²) in [7, 11) is 0. The number of hydrogen-bond donors (Lipinski definition) is 22. The van der Waals surface area contributed by atoms with Crippen LogP contribution in [0.4, 0.5) is 0 Å². The summed E-state index contributed by atoms with van der Waals surface area (Å²) in [6, 6.07) is 3.33. The SMILES string of the molecule is CC(C)[C@H](NC(=O)[C@H](CCC(=O)O)NC(=O)[C@@H](N)CCC(=O)O)C(=O)N[C@H](C(=O)N[C@H](C(=O)N[C@@H](Cc1ccccc1)C(=O)N[C@@H](Cc1ccccc1)C(=O)N[C@@H](CC(=O)O)C(=O)N[C@@H](Cc1ccc(O)cc1)C(=O)N[C@@H](CC(=O)O)C(=O)N[C@@H](Cc1ccc(O)cc1)C(=O)NCC(=O)N[C@@H](C)C(=O)N1CCC[C@H]1C(N)=O)C(C)O)C(C)O. The normalized spacial score (nSPS) is 15.9.